The summed E-state index contributed by atoms with van der Waals surface area (Å²) >= 11 is 0. The van der Waals surface area contributed by atoms with E-state index in [9.17, 15) is 4.79 Å². The number of imidazole rings is 1. The van der Waals surface area contributed by atoms with Gasteiger partial charge >= 0.3 is 0 Å². The van der Waals surface area contributed by atoms with Crippen LogP contribution in [0.3, 0.4) is 0 Å². The van der Waals surface area contributed by atoms with Crippen molar-refractivity contribution in [2.75, 3.05) is 24.7 Å². The van der Waals surface area contributed by atoms with Gasteiger partial charge in [-0.15, -0.1) is 0 Å². The molecule has 5 aromatic rings. The number of amides is 1. The average molecular weight is 468 g/mol. The fraction of sp³-hybridized carbons (Fsp3) is 0.160. The van der Waals surface area contributed by atoms with E-state index in [2.05, 4.69) is 25.3 Å². The second-order valence-electron chi connectivity index (χ2n) is 8.37. The highest BCUT2D eigenvalue weighted by atomic mass is 16.1. The summed E-state index contributed by atoms with van der Waals surface area (Å²) in [5.74, 6) is -0.363. The summed E-state index contributed by atoms with van der Waals surface area (Å²) in [5.41, 5.74) is 12.6. The summed E-state index contributed by atoms with van der Waals surface area (Å²) in [5, 5.41) is 2.91. The van der Waals surface area contributed by atoms with Crippen LogP contribution in [0.25, 0.3) is 28.3 Å². The van der Waals surface area contributed by atoms with Crippen LogP contribution >= 0.6 is 0 Å². The third-order valence-corrected chi connectivity index (χ3v) is 5.75. The number of nitrogens with zero attached hydrogens (tertiary/aromatic N) is 6. The first-order valence-electron chi connectivity index (χ1n) is 11.1. The lowest BCUT2D eigenvalue weighted by Gasteiger charge is -2.17. The van der Waals surface area contributed by atoms with Gasteiger partial charge in [-0.25, -0.2) is 15.0 Å². The molecule has 0 aliphatic heterocycles. The van der Waals surface area contributed by atoms with Gasteiger partial charge < -0.3 is 25.3 Å². The highest BCUT2D eigenvalue weighted by Crippen LogP contribution is 2.30. The van der Waals surface area contributed by atoms with E-state index in [4.69, 9.17) is 10.7 Å². The Hall–Kier alpha value is -4.73. The van der Waals surface area contributed by atoms with E-state index in [1.54, 1.807) is 24.8 Å². The molecule has 0 aliphatic rings. The molecule has 4 N–H and O–H groups in total. The van der Waals surface area contributed by atoms with Crippen LogP contribution in [0.1, 0.15) is 21.7 Å². The summed E-state index contributed by atoms with van der Waals surface area (Å²) in [6.45, 7) is 2.25. The predicted molar refractivity (Wildman–Crippen MR) is 135 cm³/mol. The van der Waals surface area contributed by atoms with E-state index in [0.717, 1.165) is 33.8 Å². The van der Waals surface area contributed by atoms with Crippen molar-refractivity contribution in [1.29, 1.82) is 0 Å². The Morgan fingerprint density at radius 2 is 2.00 bits per heavy atom. The molecule has 10 nitrogen and oxygen atoms in total. The van der Waals surface area contributed by atoms with Gasteiger partial charge in [-0.05, 0) is 37.3 Å². The molecular weight excluding hydrogens is 442 g/mol. The number of hydrogen-bond acceptors (Lipinski definition) is 7. The van der Waals surface area contributed by atoms with E-state index >= 15 is 0 Å². The van der Waals surface area contributed by atoms with Gasteiger partial charge in [0.25, 0.3) is 5.91 Å². The number of aryl methyl sites for hydroxylation is 1. The minimum atomic E-state index is -0.414. The van der Waals surface area contributed by atoms with Gasteiger partial charge in [-0.2, -0.15) is 0 Å². The maximum Gasteiger partial charge on any atom is 0.274 e. The fourth-order valence-corrected chi connectivity index (χ4v) is 3.98. The second-order valence-corrected chi connectivity index (χ2v) is 8.37. The van der Waals surface area contributed by atoms with E-state index < -0.39 is 5.91 Å². The minimum Gasteiger partial charge on any atom is -0.382 e. The monoisotopic (exact) mass is 467 g/mol. The quantitative estimate of drug-likeness (QED) is 0.350. The van der Waals surface area contributed by atoms with Crippen LogP contribution in [0.15, 0.2) is 61.3 Å². The summed E-state index contributed by atoms with van der Waals surface area (Å²) in [6, 6.07) is 9.47. The Balaban J connectivity index is 1.55. The molecule has 0 atom stereocenters. The molecule has 0 aromatic carbocycles. The highest BCUT2D eigenvalue weighted by Gasteiger charge is 2.21. The number of hydrogen-bond donors (Lipinski definition) is 3. The summed E-state index contributed by atoms with van der Waals surface area (Å²) in [4.78, 5) is 36.2. The van der Waals surface area contributed by atoms with Gasteiger partial charge in [0.2, 0.25) is 0 Å². The molecule has 0 spiro atoms. The van der Waals surface area contributed by atoms with Crippen molar-refractivity contribution in [3.05, 3.63) is 78.3 Å². The summed E-state index contributed by atoms with van der Waals surface area (Å²) in [6.07, 6.45) is 8.99. The smallest absolute Gasteiger partial charge is 0.274 e. The molecule has 0 unspecified atom stereocenters. The standard InChI is InChI=1S/C25H25N9O/c1-15-11-29-20-7-6-16(14-34(15)20)21-22(18-5-4-9-28-18)32-24(26)23(31-21)25(35)30-13-17-12-27-10-8-19(17)33(2)3/h4-12,14,28H,13H2,1-3H3,(H2,26,32)(H,30,35). The molecule has 35 heavy (non-hydrogen) atoms. The molecule has 176 valence electrons. The average Bonchev–Trinajstić information content (AvgIpc) is 3.52. The van der Waals surface area contributed by atoms with Crippen molar-refractivity contribution in [3.8, 4) is 22.6 Å². The van der Waals surface area contributed by atoms with Gasteiger partial charge in [-0.1, -0.05) is 0 Å². The molecule has 5 rings (SSSR count). The molecule has 5 heterocycles. The van der Waals surface area contributed by atoms with E-state index in [1.807, 2.05) is 66.8 Å². The Morgan fingerprint density at radius 3 is 2.77 bits per heavy atom. The molecule has 1 amide bonds. The Kier molecular flexibility index (Phi) is 5.61. The van der Waals surface area contributed by atoms with Crippen LogP contribution in [0, 0.1) is 6.92 Å². The van der Waals surface area contributed by atoms with Crippen molar-refractivity contribution in [3.63, 3.8) is 0 Å². The summed E-state index contributed by atoms with van der Waals surface area (Å²) in [7, 11) is 3.88. The Labute approximate surface area is 201 Å². The lowest BCUT2D eigenvalue weighted by atomic mass is 10.1. The lowest BCUT2D eigenvalue weighted by Crippen LogP contribution is -2.27. The molecule has 0 bridgehead atoms. The molecular formula is C25H25N9O. The lowest BCUT2D eigenvalue weighted by molar-refractivity contribution is 0.0946. The van der Waals surface area contributed by atoms with Crippen LogP contribution in [-0.4, -0.2) is 49.3 Å². The molecule has 0 radical (unpaired) electrons. The maximum atomic E-state index is 13.2. The van der Waals surface area contributed by atoms with Crippen LogP contribution in [-0.2, 0) is 6.54 Å². The number of rotatable bonds is 6. The van der Waals surface area contributed by atoms with E-state index in [0.29, 0.717) is 11.4 Å². The topological polar surface area (TPSA) is 130 Å². The number of pyridine rings is 2. The van der Waals surface area contributed by atoms with Crippen molar-refractivity contribution in [2.24, 2.45) is 0 Å². The minimum absolute atomic E-state index is 0.0507. The van der Waals surface area contributed by atoms with Gasteiger partial charge in [0, 0.05) is 74.1 Å². The number of nitrogens with two attached hydrogens (primary N) is 1. The first-order valence-corrected chi connectivity index (χ1v) is 11.1. The third-order valence-electron chi connectivity index (χ3n) is 5.75. The number of H-pyrrole nitrogens is 1. The second kappa shape index (κ2) is 8.90. The van der Waals surface area contributed by atoms with Crippen molar-refractivity contribution in [1.82, 2.24) is 34.6 Å². The summed E-state index contributed by atoms with van der Waals surface area (Å²) < 4.78 is 1.97. The van der Waals surface area contributed by atoms with Gasteiger partial charge in [0.15, 0.2) is 11.5 Å². The number of nitrogen functional groups attached to an aromatic ring is 1. The molecule has 0 fully saturated rings. The highest BCUT2D eigenvalue weighted by molar-refractivity contribution is 5.98. The molecule has 10 heteroatoms. The van der Waals surface area contributed by atoms with E-state index in [-0.39, 0.29) is 18.1 Å². The number of aromatic amines is 1. The molecule has 0 saturated heterocycles. The number of carbonyl (C=O) groups is 1. The van der Waals surface area contributed by atoms with E-state index in [1.165, 1.54) is 0 Å². The number of carbonyl (C=O) groups excluding carboxylic acids is 1. The van der Waals surface area contributed by atoms with Gasteiger partial charge in [0.1, 0.15) is 17.0 Å². The first kappa shape index (κ1) is 22.1. The zero-order valence-corrected chi connectivity index (χ0v) is 19.6. The number of nitrogens with one attached hydrogen (secondary N) is 2. The zero-order chi connectivity index (χ0) is 24.5. The largest absolute Gasteiger partial charge is 0.382 e. The fourth-order valence-electron chi connectivity index (χ4n) is 3.98. The molecule has 5 aromatic heterocycles. The third kappa shape index (κ3) is 4.17. The van der Waals surface area contributed by atoms with Crippen LogP contribution in [0.5, 0.6) is 0 Å². The number of fused-ring (bicyclic) bond motifs is 1. The maximum absolute atomic E-state index is 13.2. The zero-order valence-electron chi connectivity index (χ0n) is 19.6. The van der Waals surface area contributed by atoms with Crippen molar-refractivity contribution in [2.45, 2.75) is 13.5 Å². The Morgan fingerprint density at radius 1 is 1.14 bits per heavy atom. The van der Waals surface area contributed by atoms with Crippen molar-refractivity contribution < 1.29 is 4.79 Å². The number of aromatic nitrogens is 6. The SMILES string of the molecule is Cc1cnc2ccc(-c3nc(C(=O)NCc4cnccc4N(C)C)c(N)nc3-c3ccc[nH]3)cn12. The van der Waals surface area contributed by atoms with Crippen LogP contribution < -0.4 is 16.0 Å². The normalized spacial score (nSPS) is 11.1. The molecule has 0 saturated carbocycles. The first-order chi connectivity index (χ1) is 16.9. The van der Waals surface area contributed by atoms with Crippen LogP contribution in [0.4, 0.5) is 11.5 Å². The van der Waals surface area contributed by atoms with Crippen LogP contribution in [0.2, 0.25) is 0 Å². The van der Waals surface area contributed by atoms with Crippen molar-refractivity contribution >= 4 is 23.1 Å². The van der Waals surface area contributed by atoms with Gasteiger partial charge in [0.05, 0.1) is 5.69 Å². The van der Waals surface area contributed by atoms with Gasteiger partial charge in [-0.3, -0.25) is 9.78 Å². The molecule has 0 aliphatic carbocycles. The predicted octanol–water partition coefficient (Wildman–Crippen LogP) is 3.07. The number of anilines is 2. The Bertz CT molecular complexity index is 1520.